The molecule has 0 aliphatic rings. The maximum absolute atomic E-state index is 12.3. The van der Waals surface area contributed by atoms with Gasteiger partial charge in [-0.3, -0.25) is 4.79 Å². The molecule has 0 bridgehead atoms. The van der Waals surface area contributed by atoms with Crippen LogP contribution < -0.4 is 10.1 Å². The highest BCUT2D eigenvalue weighted by Gasteiger charge is 2.17. The van der Waals surface area contributed by atoms with Gasteiger partial charge in [-0.25, -0.2) is 4.68 Å². The van der Waals surface area contributed by atoms with Crippen molar-refractivity contribution in [2.24, 2.45) is 0 Å². The van der Waals surface area contributed by atoms with Gasteiger partial charge in [0.15, 0.2) is 11.5 Å². The Balaban J connectivity index is 1.89. The van der Waals surface area contributed by atoms with Crippen LogP contribution in [-0.4, -0.2) is 27.5 Å². The first-order valence-corrected chi connectivity index (χ1v) is 7.20. The van der Waals surface area contributed by atoms with E-state index in [1.807, 2.05) is 37.3 Å². The topological polar surface area (TPSA) is 82.2 Å². The van der Waals surface area contributed by atoms with Gasteiger partial charge in [-0.1, -0.05) is 23.4 Å². The Labute approximate surface area is 132 Å². The van der Waals surface area contributed by atoms with Crippen molar-refractivity contribution in [1.29, 1.82) is 0 Å². The molecule has 3 rings (SSSR count). The van der Waals surface area contributed by atoms with Gasteiger partial charge in [0.05, 0.1) is 12.3 Å². The van der Waals surface area contributed by atoms with Crippen LogP contribution in [0.2, 0.25) is 0 Å². The second-order valence-corrected chi connectivity index (χ2v) is 4.83. The molecule has 2 aromatic heterocycles. The normalized spacial score (nSPS) is 10.5. The van der Waals surface area contributed by atoms with Crippen LogP contribution in [0.25, 0.3) is 5.69 Å². The summed E-state index contributed by atoms with van der Waals surface area (Å²) in [6.07, 6.45) is 0. The number of aryl methyl sites for hydroxylation is 1. The summed E-state index contributed by atoms with van der Waals surface area (Å²) < 4.78 is 12.1. The van der Waals surface area contributed by atoms with E-state index in [0.717, 1.165) is 5.69 Å². The van der Waals surface area contributed by atoms with Gasteiger partial charge in [0.25, 0.3) is 5.91 Å². The zero-order valence-electron chi connectivity index (χ0n) is 12.8. The van der Waals surface area contributed by atoms with Crippen LogP contribution in [-0.2, 0) is 0 Å². The second-order valence-electron chi connectivity index (χ2n) is 4.83. The number of hydrogen-bond donors (Lipinski definition) is 1. The molecule has 7 heteroatoms. The molecule has 0 aliphatic carbocycles. The highest BCUT2D eigenvalue weighted by Crippen LogP contribution is 2.20. The molecule has 118 valence electrons. The van der Waals surface area contributed by atoms with Crippen molar-refractivity contribution in [3.05, 3.63) is 53.9 Å². The molecule has 1 aromatic carbocycles. The first-order valence-electron chi connectivity index (χ1n) is 7.20. The number of hydrogen-bond acceptors (Lipinski definition) is 5. The Morgan fingerprint density at radius 3 is 2.74 bits per heavy atom. The van der Waals surface area contributed by atoms with E-state index in [2.05, 4.69) is 15.6 Å². The number of benzene rings is 1. The molecule has 0 fully saturated rings. The van der Waals surface area contributed by atoms with Crippen molar-refractivity contribution in [2.75, 3.05) is 11.9 Å². The number of nitrogens with one attached hydrogen (secondary N) is 1. The zero-order chi connectivity index (χ0) is 16.2. The predicted octanol–water partition coefficient (Wildman–Crippen LogP) is 2.82. The molecule has 1 N–H and O–H groups in total. The Hall–Kier alpha value is -3.09. The number of nitrogens with zero attached hydrogens (tertiary/aromatic N) is 3. The summed E-state index contributed by atoms with van der Waals surface area (Å²) in [5, 5.41) is 10.7. The van der Waals surface area contributed by atoms with E-state index in [4.69, 9.17) is 9.26 Å². The molecule has 2 heterocycles. The Kier molecular flexibility index (Phi) is 4.09. The number of anilines is 1. The molecule has 7 nitrogen and oxygen atoms in total. The summed E-state index contributed by atoms with van der Waals surface area (Å²) in [7, 11) is 0. The number of para-hydroxylation sites is 1. The third-order valence-corrected chi connectivity index (χ3v) is 3.07. The fourth-order valence-corrected chi connectivity index (χ4v) is 2.09. The van der Waals surface area contributed by atoms with Gasteiger partial charge in [0.2, 0.25) is 5.88 Å². The van der Waals surface area contributed by atoms with Gasteiger partial charge in [0.1, 0.15) is 5.76 Å². The largest absolute Gasteiger partial charge is 0.478 e. The average Bonchev–Trinajstić information content (AvgIpc) is 3.15. The molecular weight excluding hydrogens is 296 g/mol. The minimum atomic E-state index is -0.381. The number of carbonyl (C=O) groups excluding carboxylic acids is 1. The summed E-state index contributed by atoms with van der Waals surface area (Å²) >= 11 is 0. The molecule has 0 saturated carbocycles. The molecule has 0 saturated heterocycles. The maximum atomic E-state index is 12.3. The van der Waals surface area contributed by atoms with Crippen LogP contribution in [0.15, 0.2) is 47.0 Å². The molecule has 0 unspecified atom stereocenters. The van der Waals surface area contributed by atoms with E-state index in [1.165, 1.54) is 0 Å². The quantitative estimate of drug-likeness (QED) is 0.783. The minimum Gasteiger partial charge on any atom is -0.478 e. The van der Waals surface area contributed by atoms with Crippen LogP contribution in [0.1, 0.15) is 23.2 Å². The van der Waals surface area contributed by atoms with Gasteiger partial charge >= 0.3 is 0 Å². The van der Waals surface area contributed by atoms with Crippen molar-refractivity contribution in [3.8, 4) is 11.6 Å². The minimum absolute atomic E-state index is 0.234. The fraction of sp³-hybridized carbons (Fsp3) is 0.188. The number of amides is 1. The average molecular weight is 312 g/mol. The van der Waals surface area contributed by atoms with Crippen molar-refractivity contribution in [3.63, 3.8) is 0 Å². The van der Waals surface area contributed by atoms with Crippen LogP contribution in [0.5, 0.6) is 5.88 Å². The SMILES string of the molecule is CCOc1cc(C(=O)Nc2cc(C)on2)nn1-c1ccccc1. The van der Waals surface area contributed by atoms with Gasteiger partial charge in [-0.2, -0.15) is 5.10 Å². The molecule has 0 spiro atoms. The van der Waals surface area contributed by atoms with Crippen LogP contribution >= 0.6 is 0 Å². The summed E-state index contributed by atoms with van der Waals surface area (Å²) in [5.74, 6) is 1.08. The van der Waals surface area contributed by atoms with Gasteiger partial charge < -0.3 is 14.6 Å². The Bertz CT molecular complexity index is 808. The maximum Gasteiger partial charge on any atom is 0.277 e. The van der Waals surface area contributed by atoms with E-state index >= 15 is 0 Å². The van der Waals surface area contributed by atoms with Gasteiger partial charge in [-0.05, 0) is 26.0 Å². The number of aromatic nitrogens is 3. The molecule has 0 atom stereocenters. The van der Waals surface area contributed by atoms with Crippen molar-refractivity contribution < 1.29 is 14.1 Å². The summed E-state index contributed by atoms with van der Waals surface area (Å²) in [5.41, 5.74) is 1.05. The molecule has 3 aromatic rings. The van der Waals surface area contributed by atoms with E-state index < -0.39 is 0 Å². The zero-order valence-corrected chi connectivity index (χ0v) is 12.8. The summed E-state index contributed by atoms with van der Waals surface area (Å²) in [6.45, 7) is 4.10. The number of carbonyl (C=O) groups is 1. The van der Waals surface area contributed by atoms with Crippen LogP contribution in [0, 0.1) is 6.92 Å². The van der Waals surface area contributed by atoms with Gasteiger partial charge in [0, 0.05) is 12.1 Å². The van der Waals surface area contributed by atoms with Crippen LogP contribution in [0.3, 0.4) is 0 Å². The van der Waals surface area contributed by atoms with E-state index in [-0.39, 0.29) is 11.6 Å². The first kappa shape index (κ1) is 14.8. The highest BCUT2D eigenvalue weighted by atomic mass is 16.5. The summed E-state index contributed by atoms with van der Waals surface area (Å²) in [4.78, 5) is 12.3. The predicted molar refractivity (Wildman–Crippen MR) is 83.9 cm³/mol. The lowest BCUT2D eigenvalue weighted by molar-refractivity contribution is 0.102. The molecule has 1 amide bonds. The summed E-state index contributed by atoms with van der Waals surface area (Å²) in [6, 6.07) is 12.7. The highest BCUT2D eigenvalue weighted by molar-refractivity contribution is 6.02. The van der Waals surface area contributed by atoms with Crippen molar-refractivity contribution >= 4 is 11.7 Å². The Morgan fingerprint density at radius 2 is 2.09 bits per heavy atom. The number of rotatable bonds is 5. The van der Waals surface area contributed by atoms with E-state index in [0.29, 0.717) is 24.1 Å². The van der Waals surface area contributed by atoms with Crippen molar-refractivity contribution in [2.45, 2.75) is 13.8 Å². The smallest absolute Gasteiger partial charge is 0.277 e. The third kappa shape index (κ3) is 3.23. The molecular formula is C16H16N4O3. The third-order valence-electron chi connectivity index (χ3n) is 3.07. The monoisotopic (exact) mass is 312 g/mol. The number of ether oxygens (including phenoxy) is 1. The second kappa shape index (κ2) is 6.35. The van der Waals surface area contributed by atoms with Gasteiger partial charge in [-0.15, -0.1) is 0 Å². The molecule has 0 aliphatic heterocycles. The molecule has 23 heavy (non-hydrogen) atoms. The lowest BCUT2D eigenvalue weighted by Crippen LogP contribution is -2.13. The van der Waals surface area contributed by atoms with Crippen LogP contribution in [0.4, 0.5) is 5.82 Å². The standard InChI is InChI=1S/C16H16N4O3/c1-3-22-15-10-13(16(21)17-14-9-11(2)23-19-14)18-20(15)12-7-5-4-6-8-12/h4-10H,3H2,1-2H3,(H,17,19,21). The van der Waals surface area contributed by atoms with Crippen molar-refractivity contribution in [1.82, 2.24) is 14.9 Å². The lowest BCUT2D eigenvalue weighted by atomic mass is 10.3. The van der Waals surface area contributed by atoms with E-state index in [1.54, 1.807) is 23.7 Å². The molecule has 0 radical (unpaired) electrons. The lowest BCUT2D eigenvalue weighted by Gasteiger charge is -2.06. The van der Waals surface area contributed by atoms with E-state index in [9.17, 15) is 4.79 Å². The fourth-order valence-electron chi connectivity index (χ4n) is 2.09. The first-order chi connectivity index (χ1) is 11.2. The Morgan fingerprint density at radius 1 is 1.30 bits per heavy atom.